The van der Waals surface area contributed by atoms with Gasteiger partial charge in [-0.1, -0.05) is 20.3 Å². The summed E-state index contributed by atoms with van der Waals surface area (Å²) >= 11 is 3.52. The van der Waals surface area contributed by atoms with Gasteiger partial charge in [0.15, 0.2) is 0 Å². The van der Waals surface area contributed by atoms with E-state index in [0.717, 1.165) is 35.0 Å². The second-order valence-corrected chi connectivity index (χ2v) is 6.33. The number of halogens is 1. The van der Waals surface area contributed by atoms with E-state index in [1.807, 2.05) is 6.20 Å². The van der Waals surface area contributed by atoms with E-state index >= 15 is 0 Å². The van der Waals surface area contributed by atoms with Crippen molar-refractivity contribution < 1.29 is 0 Å². The van der Waals surface area contributed by atoms with Gasteiger partial charge in [-0.2, -0.15) is 0 Å². The molecule has 106 valence electrons. The molecular formula is C15H24BrN3. The van der Waals surface area contributed by atoms with Crippen molar-refractivity contribution in [3.63, 3.8) is 0 Å². The molecule has 1 aromatic rings. The number of rotatable bonds is 5. The monoisotopic (exact) mass is 325 g/mol. The summed E-state index contributed by atoms with van der Waals surface area (Å²) in [6.45, 7) is 5.42. The van der Waals surface area contributed by atoms with Crippen molar-refractivity contribution >= 4 is 21.7 Å². The van der Waals surface area contributed by atoms with Crippen molar-refractivity contribution in [3.05, 3.63) is 16.5 Å². The van der Waals surface area contributed by atoms with E-state index in [2.05, 4.69) is 40.1 Å². The van der Waals surface area contributed by atoms with Gasteiger partial charge in [0.05, 0.1) is 4.47 Å². The first-order valence-electron chi connectivity index (χ1n) is 7.50. The normalized spacial score (nSPS) is 23.3. The van der Waals surface area contributed by atoms with Crippen LogP contribution in [0.15, 0.2) is 10.7 Å². The molecule has 0 atom stereocenters. The topological polar surface area (TPSA) is 37.8 Å². The molecule has 4 heteroatoms. The van der Waals surface area contributed by atoms with E-state index in [1.165, 1.54) is 32.1 Å². The summed E-state index contributed by atoms with van der Waals surface area (Å²) in [4.78, 5) is 9.24. The Morgan fingerprint density at radius 3 is 2.63 bits per heavy atom. The summed E-state index contributed by atoms with van der Waals surface area (Å²) in [5, 5.41) is 3.36. The molecule has 0 saturated heterocycles. The van der Waals surface area contributed by atoms with Crippen LogP contribution in [0.3, 0.4) is 0 Å². The zero-order valence-corrected chi connectivity index (χ0v) is 13.5. The highest BCUT2D eigenvalue weighted by Crippen LogP contribution is 2.36. The molecule has 0 radical (unpaired) electrons. The van der Waals surface area contributed by atoms with Crippen LogP contribution in [0.5, 0.6) is 0 Å². The molecule has 1 aliphatic rings. The fraction of sp³-hybridized carbons (Fsp3) is 0.733. The average molecular weight is 326 g/mol. The van der Waals surface area contributed by atoms with Crippen LogP contribution in [0.25, 0.3) is 0 Å². The highest BCUT2D eigenvalue weighted by atomic mass is 79.9. The Morgan fingerprint density at radius 1 is 1.26 bits per heavy atom. The van der Waals surface area contributed by atoms with E-state index in [9.17, 15) is 0 Å². The van der Waals surface area contributed by atoms with Crippen LogP contribution >= 0.6 is 15.9 Å². The molecule has 2 rings (SSSR count). The molecule has 0 amide bonds. The summed E-state index contributed by atoms with van der Waals surface area (Å²) < 4.78 is 0.965. The van der Waals surface area contributed by atoms with Crippen LogP contribution in [0, 0.1) is 5.92 Å². The van der Waals surface area contributed by atoms with Gasteiger partial charge in [0.2, 0.25) is 0 Å². The number of nitrogens with one attached hydrogen (secondary N) is 1. The Bertz CT molecular complexity index is 400. The minimum absolute atomic E-state index is 0.554. The summed E-state index contributed by atoms with van der Waals surface area (Å²) in [6, 6.07) is 0. The van der Waals surface area contributed by atoms with E-state index in [1.54, 1.807) is 0 Å². The highest BCUT2D eigenvalue weighted by molar-refractivity contribution is 9.10. The van der Waals surface area contributed by atoms with Gasteiger partial charge in [-0.25, -0.2) is 9.97 Å². The molecule has 0 aromatic carbocycles. The molecule has 0 spiro atoms. The molecule has 19 heavy (non-hydrogen) atoms. The quantitative estimate of drug-likeness (QED) is 0.849. The van der Waals surface area contributed by atoms with Gasteiger partial charge in [0.25, 0.3) is 0 Å². The lowest BCUT2D eigenvalue weighted by molar-refractivity contribution is 0.312. The third-order valence-corrected chi connectivity index (χ3v) is 4.67. The summed E-state index contributed by atoms with van der Waals surface area (Å²) in [5.74, 6) is 3.45. The maximum Gasteiger partial charge on any atom is 0.144 e. The van der Waals surface area contributed by atoms with Gasteiger partial charge in [0.1, 0.15) is 11.6 Å². The molecule has 0 unspecified atom stereocenters. The fourth-order valence-corrected chi connectivity index (χ4v) is 3.10. The van der Waals surface area contributed by atoms with Gasteiger partial charge in [-0.05, 0) is 54.0 Å². The minimum atomic E-state index is 0.554. The SMILES string of the molecule is CCCNc1nc(C2CCC(CC)CC2)ncc1Br. The van der Waals surface area contributed by atoms with Gasteiger partial charge in [0, 0.05) is 18.7 Å². The number of nitrogens with zero attached hydrogens (tertiary/aromatic N) is 2. The first-order chi connectivity index (χ1) is 9.24. The molecule has 1 N–H and O–H groups in total. The number of hydrogen-bond acceptors (Lipinski definition) is 3. The van der Waals surface area contributed by atoms with Crippen LogP contribution in [0.4, 0.5) is 5.82 Å². The smallest absolute Gasteiger partial charge is 0.144 e. The molecule has 1 saturated carbocycles. The Kier molecular flexibility index (Phi) is 5.61. The highest BCUT2D eigenvalue weighted by Gasteiger charge is 2.23. The maximum absolute atomic E-state index is 4.72. The zero-order chi connectivity index (χ0) is 13.7. The maximum atomic E-state index is 4.72. The third-order valence-electron chi connectivity index (χ3n) is 4.09. The largest absolute Gasteiger partial charge is 0.369 e. The van der Waals surface area contributed by atoms with Gasteiger partial charge >= 0.3 is 0 Å². The van der Waals surface area contributed by atoms with Crippen molar-refractivity contribution in [3.8, 4) is 0 Å². The Balaban J connectivity index is 2.04. The van der Waals surface area contributed by atoms with Crippen molar-refractivity contribution in [2.75, 3.05) is 11.9 Å². The molecule has 1 fully saturated rings. The van der Waals surface area contributed by atoms with Crippen LogP contribution in [-0.2, 0) is 0 Å². The van der Waals surface area contributed by atoms with E-state index < -0.39 is 0 Å². The lowest BCUT2D eigenvalue weighted by Gasteiger charge is -2.27. The number of anilines is 1. The lowest BCUT2D eigenvalue weighted by atomic mass is 9.80. The average Bonchev–Trinajstić information content (AvgIpc) is 2.46. The predicted molar refractivity (Wildman–Crippen MR) is 83.5 cm³/mol. The fourth-order valence-electron chi connectivity index (χ4n) is 2.77. The first kappa shape index (κ1) is 14.8. The molecule has 0 aliphatic heterocycles. The Morgan fingerprint density at radius 2 is 2.00 bits per heavy atom. The van der Waals surface area contributed by atoms with E-state index in [0.29, 0.717) is 5.92 Å². The molecule has 1 heterocycles. The predicted octanol–water partition coefficient (Wildman–Crippen LogP) is 4.74. The summed E-state index contributed by atoms with van der Waals surface area (Å²) in [6.07, 6.45) is 9.47. The molecule has 0 bridgehead atoms. The van der Waals surface area contributed by atoms with Gasteiger partial charge in [-0.15, -0.1) is 0 Å². The van der Waals surface area contributed by atoms with E-state index in [4.69, 9.17) is 4.98 Å². The van der Waals surface area contributed by atoms with Crippen molar-refractivity contribution in [1.29, 1.82) is 0 Å². The first-order valence-corrected chi connectivity index (χ1v) is 8.30. The van der Waals surface area contributed by atoms with Gasteiger partial charge < -0.3 is 5.32 Å². The van der Waals surface area contributed by atoms with E-state index in [-0.39, 0.29) is 0 Å². The molecule has 1 aliphatic carbocycles. The second-order valence-electron chi connectivity index (χ2n) is 5.48. The van der Waals surface area contributed by atoms with Crippen LogP contribution < -0.4 is 5.32 Å². The summed E-state index contributed by atoms with van der Waals surface area (Å²) in [7, 11) is 0. The zero-order valence-electron chi connectivity index (χ0n) is 12.0. The number of aromatic nitrogens is 2. The lowest BCUT2D eigenvalue weighted by Crippen LogP contribution is -2.15. The second kappa shape index (κ2) is 7.22. The molecular weight excluding hydrogens is 302 g/mol. The van der Waals surface area contributed by atoms with Crippen LogP contribution in [0.1, 0.15) is 64.1 Å². The molecule has 1 aromatic heterocycles. The van der Waals surface area contributed by atoms with Crippen molar-refractivity contribution in [1.82, 2.24) is 9.97 Å². The molecule has 3 nitrogen and oxygen atoms in total. The van der Waals surface area contributed by atoms with Gasteiger partial charge in [-0.3, -0.25) is 0 Å². The number of hydrogen-bond donors (Lipinski definition) is 1. The third kappa shape index (κ3) is 3.91. The van der Waals surface area contributed by atoms with Crippen molar-refractivity contribution in [2.45, 2.75) is 58.3 Å². The van der Waals surface area contributed by atoms with Crippen LogP contribution in [0.2, 0.25) is 0 Å². The standard InChI is InChI=1S/C15H24BrN3/c1-3-9-17-15-13(16)10-18-14(19-15)12-7-5-11(4-2)6-8-12/h10-12H,3-9H2,1-2H3,(H,17,18,19). The summed E-state index contributed by atoms with van der Waals surface area (Å²) in [5.41, 5.74) is 0. The Labute approximate surface area is 124 Å². The minimum Gasteiger partial charge on any atom is -0.369 e. The Hall–Kier alpha value is -0.640. The van der Waals surface area contributed by atoms with Crippen molar-refractivity contribution in [2.24, 2.45) is 5.92 Å². The van der Waals surface area contributed by atoms with Crippen LogP contribution in [-0.4, -0.2) is 16.5 Å².